The van der Waals surface area contributed by atoms with Crippen LogP contribution in [0.4, 0.5) is 0 Å². The number of fused-ring (bicyclic) bond motifs is 1. The van der Waals surface area contributed by atoms with Crippen molar-refractivity contribution in [2.75, 3.05) is 7.11 Å². The topological polar surface area (TPSA) is 76.6 Å². The minimum absolute atomic E-state index is 0.681. The molecule has 132 valence electrons. The number of nitrogens with one attached hydrogen (secondary N) is 1. The van der Waals surface area contributed by atoms with Crippen molar-refractivity contribution in [3.63, 3.8) is 0 Å². The monoisotopic (exact) mass is 383 g/mol. The van der Waals surface area contributed by atoms with Gasteiger partial charge in [0.1, 0.15) is 27.8 Å². The summed E-state index contributed by atoms with van der Waals surface area (Å²) in [7, 11) is 1.67. The highest BCUT2D eigenvalue weighted by Crippen LogP contribution is 2.39. The van der Waals surface area contributed by atoms with Crippen LogP contribution in [-0.2, 0) is 6.42 Å². The molecule has 26 heavy (non-hydrogen) atoms. The van der Waals surface area contributed by atoms with Crippen molar-refractivity contribution in [2.45, 2.75) is 29.9 Å². The second kappa shape index (κ2) is 7.43. The van der Waals surface area contributed by atoms with E-state index < -0.39 is 0 Å². The second-order valence-corrected chi connectivity index (χ2v) is 7.47. The first-order valence-electron chi connectivity index (χ1n) is 8.24. The maximum Gasteiger partial charge on any atom is 0.214 e. The van der Waals surface area contributed by atoms with E-state index in [0.717, 1.165) is 50.8 Å². The molecule has 0 atom stereocenters. The molecule has 1 N–H and O–H groups in total. The lowest BCUT2D eigenvalue weighted by molar-refractivity contribution is 0.415. The average molecular weight is 384 g/mol. The van der Waals surface area contributed by atoms with Gasteiger partial charge in [-0.2, -0.15) is 0 Å². The van der Waals surface area contributed by atoms with Gasteiger partial charge in [0, 0.05) is 17.4 Å². The number of methoxy groups -OCH3 is 1. The molecule has 8 heteroatoms. The van der Waals surface area contributed by atoms with Crippen LogP contribution in [-0.4, -0.2) is 32.3 Å². The Hall–Kier alpha value is -2.45. The van der Waals surface area contributed by atoms with Gasteiger partial charge in [-0.15, -0.1) is 16.4 Å². The van der Waals surface area contributed by atoms with Gasteiger partial charge in [0.25, 0.3) is 0 Å². The van der Waals surface area contributed by atoms with Crippen molar-refractivity contribution in [3.8, 4) is 16.9 Å². The first kappa shape index (κ1) is 17.0. The Balaban J connectivity index is 1.73. The molecule has 0 spiro atoms. The van der Waals surface area contributed by atoms with Crippen LogP contribution in [0.3, 0.4) is 0 Å². The standard InChI is InChI=1S/C18H17N5OS2/c1-3-4-14-21-18(23-22-14)26-17-15-13(9-25-16(15)19-10-20-17)11-5-7-12(24-2)8-6-11/h5-10H,3-4H2,1-2H3,(H,21,22,23). The zero-order valence-corrected chi connectivity index (χ0v) is 16.0. The van der Waals surface area contributed by atoms with Gasteiger partial charge in [-0.05, 0) is 35.9 Å². The largest absolute Gasteiger partial charge is 0.497 e. The molecule has 0 amide bonds. The minimum Gasteiger partial charge on any atom is -0.497 e. The Morgan fingerprint density at radius 3 is 2.81 bits per heavy atom. The van der Waals surface area contributed by atoms with Gasteiger partial charge in [0.2, 0.25) is 5.16 Å². The van der Waals surface area contributed by atoms with E-state index in [2.05, 4.69) is 37.5 Å². The van der Waals surface area contributed by atoms with Crippen molar-refractivity contribution in [3.05, 3.63) is 41.8 Å². The lowest BCUT2D eigenvalue weighted by Gasteiger charge is -2.05. The molecule has 0 aliphatic heterocycles. The quantitative estimate of drug-likeness (QED) is 0.491. The van der Waals surface area contributed by atoms with Crippen LogP contribution in [0.2, 0.25) is 0 Å². The van der Waals surface area contributed by atoms with Crippen molar-refractivity contribution >= 4 is 33.3 Å². The Morgan fingerprint density at radius 1 is 1.19 bits per heavy atom. The summed E-state index contributed by atoms with van der Waals surface area (Å²) in [6.45, 7) is 2.12. The van der Waals surface area contributed by atoms with E-state index in [-0.39, 0.29) is 0 Å². The zero-order chi connectivity index (χ0) is 17.9. The molecule has 4 aromatic rings. The third-order valence-electron chi connectivity index (χ3n) is 3.92. The fourth-order valence-corrected chi connectivity index (χ4v) is 4.48. The van der Waals surface area contributed by atoms with Gasteiger partial charge in [-0.1, -0.05) is 19.1 Å². The molecule has 0 saturated carbocycles. The first-order valence-corrected chi connectivity index (χ1v) is 9.94. The molecule has 0 aliphatic rings. The number of nitrogens with zero attached hydrogens (tertiary/aromatic N) is 4. The number of aryl methyl sites for hydroxylation is 1. The van der Waals surface area contributed by atoms with Crippen molar-refractivity contribution < 1.29 is 4.74 Å². The van der Waals surface area contributed by atoms with Crippen molar-refractivity contribution in [2.24, 2.45) is 0 Å². The van der Waals surface area contributed by atoms with Crippen molar-refractivity contribution in [1.82, 2.24) is 25.1 Å². The van der Waals surface area contributed by atoms with Crippen LogP contribution in [0.5, 0.6) is 5.75 Å². The number of hydrogen-bond acceptors (Lipinski definition) is 7. The second-order valence-electron chi connectivity index (χ2n) is 5.65. The van der Waals surface area contributed by atoms with Gasteiger partial charge in [-0.25, -0.2) is 15.0 Å². The minimum atomic E-state index is 0.681. The Labute approximate surface area is 159 Å². The molecule has 0 bridgehead atoms. The highest BCUT2D eigenvalue weighted by atomic mass is 32.2. The Morgan fingerprint density at radius 2 is 2.04 bits per heavy atom. The molecule has 0 unspecified atom stereocenters. The first-order chi connectivity index (χ1) is 12.8. The van der Waals surface area contributed by atoms with Crippen LogP contribution >= 0.6 is 23.1 Å². The van der Waals surface area contributed by atoms with Crippen LogP contribution in [0, 0.1) is 0 Å². The predicted molar refractivity (Wildman–Crippen MR) is 104 cm³/mol. The van der Waals surface area contributed by atoms with E-state index in [9.17, 15) is 0 Å². The Bertz CT molecular complexity index is 1030. The maximum atomic E-state index is 5.25. The summed E-state index contributed by atoms with van der Waals surface area (Å²) < 4.78 is 5.25. The number of thiophene rings is 1. The van der Waals surface area contributed by atoms with E-state index in [1.165, 1.54) is 11.8 Å². The van der Waals surface area contributed by atoms with Crippen molar-refractivity contribution in [1.29, 1.82) is 0 Å². The summed E-state index contributed by atoms with van der Waals surface area (Å²) in [4.78, 5) is 14.4. The molecule has 4 rings (SSSR count). The summed E-state index contributed by atoms with van der Waals surface area (Å²) in [6.07, 6.45) is 3.52. The molecule has 6 nitrogen and oxygen atoms in total. The summed E-state index contributed by atoms with van der Waals surface area (Å²) >= 11 is 3.07. The van der Waals surface area contributed by atoms with Gasteiger partial charge < -0.3 is 4.74 Å². The molecule has 1 aromatic carbocycles. The van der Waals surface area contributed by atoms with Gasteiger partial charge in [0.15, 0.2) is 0 Å². The van der Waals surface area contributed by atoms with Crippen LogP contribution < -0.4 is 4.74 Å². The Kier molecular flexibility index (Phi) is 4.85. The van der Waals surface area contributed by atoms with E-state index in [1.807, 2.05) is 24.3 Å². The SMILES string of the molecule is CCCc1nc(Sc2ncnc3scc(-c4ccc(OC)cc4)c23)n[nH]1. The summed E-state index contributed by atoms with van der Waals surface area (Å²) in [5.74, 6) is 1.74. The van der Waals surface area contributed by atoms with Crippen LogP contribution in [0.1, 0.15) is 19.2 Å². The number of H-pyrrole nitrogens is 1. The lowest BCUT2D eigenvalue weighted by atomic mass is 10.1. The number of ether oxygens (including phenoxy) is 1. The maximum absolute atomic E-state index is 5.25. The van der Waals surface area contributed by atoms with Gasteiger partial charge in [0.05, 0.1) is 12.5 Å². The molecule has 0 aliphatic carbocycles. The molecular formula is C18H17N5OS2. The third-order valence-corrected chi connectivity index (χ3v) is 5.68. The highest BCUT2D eigenvalue weighted by Gasteiger charge is 2.16. The molecule has 0 radical (unpaired) electrons. The molecule has 3 heterocycles. The van der Waals surface area contributed by atoms with Crippen LogP contribution in [0.25, 0.3) is 21.3 Å². The molecule has 0 saturated heterocycles. The number of hydrogen-bond donors (Lipinski definition) is 1. The summed E-state index contributed by atoms with van der Waals surface area (Å²) in [5, 5.41) is 12.0. The lowest BCUT2D eigenvalue weighted by Crippen LogP contribution is -1.88. The highest BCUT2D eigenvalue weighted by molar-refractivity contribution is 7.99. The predicted octanol–water partition coefficient (Wildman–Crippen LogP) is 4.59. The van der Waals surface area contributed by atoms with Crippen LogP contribution in [0.15, 0.2) is 46.2 Å². The number of aromatic amines is 1. The summed E-state index contributed by atoms with van der Waals surface area (Å²) in [5.41, 5.74) is 2.22. The van der Waals surface area contributed by atoms with Gasteiger partial charge in [-0.3, -0.25) is 5.10 Å². The van der Waals surface area contributed by atoms with E-state index >= 15 is 0 Å². The van der Waals surface area contributed by atoms with E-state index in [4.69, 9.17) is 4.74 Å². The number of rotatable bonds is 6. The van der Waals surface area contributed by atoms with E-state index in [0.29, 0.717) is 5.16 Å². The van der Waals surface area contributed by atoms with E-state index in [1.54, 1.807) is 24.8 Å². The normalized spacial score (nSPS) is 11.2. The number of benzene rings is 1. The molecule has 0 fully saturated rings. The third kappa shape index (κ3) is 3.30. The van der Waals surface area contributed by atoms with Gasteiger partial charge >= 0.3 is 0 Å². The average Bonchev–Trinajstić information content (AvgIpc) is 3.30. The number of aromatic nitrogens is 5. The molecular weight excluding hydrogens is 366 g/mol. The fourth-order valence-electron chi connectivity index (χ4n) is 2.67. The molecule has 3 aromatic heterocycles. The fraction of sp³-hybridized carbons (Fsp3) is 0.222. The zero-order valence-electron chi connectivity index (χ0n) is 14.4. The summed E-state index contributed by atoms with van der Waals surface area (Å²) in [6, 6.07) is 8.02. The smallest absolute Gasteiger partial charge is 0.214 e.